The molecular formula is C14H27N3O2. The predicted octanol–water partition coefficient (Wildman–Crippen LogP) is 0.165. The third kappa shape index (κ3) is 3.27. The van der Waals surface area contributed by atoms with Gasteiger partial charge in [-0.05, 0) is 20.9 Å². The SMILES string of the molecule is CNCC1CC(=O)N(CCN2CCOCC2)C1(C)C. The Morgan fingerprint density at radius 3 is 2.63 bits per heavy atom. The molecule has 110 valence electrons. The Bertz CT molecular complexity index is 314. The average Bonchev–Trinajstić information content (AvgIpc) is 2.59. The van der Waals surface area contributed by atoms with Crippen LogP contribution in [0.15, 0.2) is 0 Å². The first kappa shape index (κ1) is 14.8. The molecule has 2 heterocycles. The second-order valence-electron chi connectivity index (χ2n) is 6.11. The third-order valence-corrected chi connectivity index (χ3v) is 4.61. The number of likely N-dealkylation sites (tertiary alicyclic amines) is 1. The molecule has 19 heavy (non-hydrogen) atoms. The van der Waals surface area contributed by atoms with Gasteiger partial charge in [0.15, 0.2) is 0 Å². The van der Waals surface area contributed by atoms with E-state index < -0.39 is 0 Å². The van der Waals surface area contributed by atoms with Crippen LogP contribution in [0.25, 0.3) is 0 Å². The van der Waals surface area contributed by atoms with Gasteiger partial charge in [0.1, 0.15) is 0 Å². The molecule has 1 amide bonds. The predicted molar refractivity (Wildman–Crippen MR) is 75.1 cm³/mol. The minimum atomic E-state index is -0.0353. The van der Waals surface area contributed by atoms with E-state index in [0.29, 0.717) is 18.2 Å². The van der Waals surface area contributed by atoms with Crippen LogP contribution in [0.5, 0.6) is 0 Å². The zero-order valence-electron chi connectivity index (χ0n) is 12.4. The highest BCUT2D eigenvalue weighted by Gasteiger charge is 2.45. The van der Waals surface area contributed by atoms with Crippen molar-refractivity contribution in [3.05, 3.63) is 0 Å². The van der Waals surface area contributed by atoms with E-state index in [2.05, 4.69) is 29.0 Å². The van der Waals surface area contributed by atoms with Gasteiger partial charge in [0.05, 0.1) is 13.2 Å². The van der Waals surface area contributed by atoms with Crippen LogP contribution in [0.4, 0.5) is 0 Å². The molecule has 2 fully saturated rings. The average molecular weight is 269 g/mol. The van der Waals surface area contributed by atoms with Gasteiger partial charge in [-0.1, -0.05) is 0 Å². The number of carbonyl (C=O) groups excluding carboxylic acids is 1. The van der Waals surface area contributed by atoms with Gasteiger partial charge < -0.3 is 15.0 Å². The highest BCUT2D eigenvalue weighted by atomic mass is 16.5. The van der Waals surface area contributed by atoms with Gasteiger partial charge >= 0.3 is 0 Å². The molecule has 2 aliphatic heterocycles. The van der Waals surface area contributed by atoms with Crippen LogP contribution in [0.1, 0.15) is 20.3 Å². The second-order valence-corrected chi connectivity index (χ2v) is 6.11. The lowest BCUT2D eigenvalue weighted by Gasteiger charge is -2.37. The molecule has 0 aliphatic carbocycles. The molecule has 0 aromatic heterocycles. The lowest BCUT2D eigenvalue weighted by molar-refractivity contribution is -0.130. The fourth-order valence-electron chi connectivity index (χ4n) is 3.16. The molecule has 5 nitrogen and oxygen atoms in total. The van der Waals surface area contributed by atoms with E-state index in [-0.39, 0.29) is 5.54 Å². The molecule has 1 unspecified atom stereocenters. The maximum atomic E-state index is 12.2. The van der Waals surface area contributed by atoms with Crippen LogP contribution in [0.3, 0.4) is 0 Å². The van der Waals surface area contributed by atoms with Gasteiger partial charge in [0, 0.05) is 50.6 Å². The minimum absolute atomic E-state index is 0.0353. The van der Waals surface area contributed by atoms with Crippen molar-refractivity contribution in [2.45, 2.75) is 25.8 Å². The highest BCUT2D eigenvalue weighted by molar-refractivity contribution is 5.80. The highest BCUT2D eigenvalue weighted by Crippen LogP contribution is 2.34. The zero-order valence-corrected chi connectivity index (χ0v) is 12.4. The van der Waals surface area contributed by atoms with Gasteiger partial charge in [-0.15, -0.1) is 0 Å². The lowest BCUT2D eigenvalue weighted by atomic mass is 9.88. The Morgan fingerprint density at radius 1 is 1.32 bits per heavy atom. The normalized spacial score (nSPS) is 28.1. The molecule has 5 heteroatoms. The van der Waals surface area contributed by atoms with Gasteiger partial charge in [-0.25, -0.2) is 0 Å². The number of rotatable bonds is 5. The minimum Gasteiger partial charge on any atom is -0.379 e. The number of amides is 1. The largest absolute Gasteiger partial charge is 0.379 e. The molecule has 1 atom stereocenters. The van der Waals surface area contributed by atoms with Crippen LogP contribution in [-0.2, 0) is 9.53 Å². The first-order valence-corrected chi connectivity index (χ1v) is 7.31. The summed E-state index contributed by atoms with van der Waals surface area (Å²) < 4.78 is 5.35. The van der Waals surface area contributed by atoms with Crippen LogP contribution in [-0.4, -0.2) is 74.2 Å². The Hall–Kier alpha value is -0.650. The van der Waals surface area contributed by atoms with Crippen molar-refractivity contribution in [1.82, 2.24) is 15.1 Å². The molecule has 1 N–H and O–H groups in total. The topological polar surface area (TPSA) is 44.8 Å². The van der Waals surface area contributed by atoms with Crippen LogP contribution in [0.2, 0.25) is 0 Å². The molecule has 0 aromatic rings. The van der Waals surface area contributed by atoms with E-state index in [1.165, 1.54) is 0 Å². The summed E-state index contributed by atoms with van der Waals surface area (Å²) in [6.45, 7) is 10.7. The van der Waals surface area contributed by atoms with Crippen LogP contribution >= 0.6 is 0 Å². The molecule has 2 aliphatic rings. The van der Waals surface area contributed by atoms with Crippen LogP contribution < -0.4 is 5.32 Å². The molecule has 0 bridgehead atoms. The molecule has 0 radical (unpaired) electrons. The van der Waals surface area contributed by atoms with Crippen molar-refractivity contribution < 1.29 is 9.53 Å². The second kappa shape index (κ2) is 6.20. The van der Waals surface area contributed by atoms with Crippen LogP contribution in [0, 0.1) is 5.92 Å². The van der Waals surface area contributed by atoms with Crippen molar-refractivity contribution in [1.29, 1.82) is 0 Å². The summed E-state index contributed by atoms with van der Waals surface area (Å²) in [7, 11) is 1.96. The summed E-state index contributed by atoms with van der Waals surface area (Å²) in [5.74, 6) is 0.716. The number of nitrogens with one attached hydrogen (secondary N) is 1. The van der Waals surface area contributed by atoms with Crippen molar-refractivity contribution >= 4 is 5.91 Å². The fraction of sp³-hybridized carbons (Fsp3) is 0.929. The molecule has 2 saturated heterocycles. The quantitative estimate of drug-likeness (QED) is 0.772. The monoisotopic (exact) mass is 269 g/mol. The number of ether oxygens (including phenoxy) is 1. The molecule has 2 rings (SSSR count). The summed E-state index contributed by atoms with van der Waals surface area (Å²) in [4.78, 5) is 16.7. The summed E-state index contributed by atoms with van der Waals surface area (Å²) in [5.41, 5.74) is -0.0353. The first-order chi connectivity index (χ1) is 9.05. The van der Waals surface area contributed by atoms with Crippen molar-refractivity contribution in [2.24, 2.45) is 5.92 Å². The summed E-state index contributed by atoms with van der Waals surface area (Å²) in [6, 6.07) is 0. The van der Waals surface area contributed by atoms with Crippen molar-refractivity contribution in [3.8, 4) is 0 Å². The maximum absolute atomic E-state index is 12.2. The van der Waals surface area contributed by atoms with Crippen molar-refractivity contribution in [2.75, 3.05) is 53.0 Å². The van der Waals surface area contributed by atoms with E-state index in [1.807, 2.05) is 7.05 Å². The summed E-state index contributed by atoms with van der Waals surface area (Å²) in [5, 5.41) is 3.21. The maximum Gasteiger partial charge on any atom is 0.223 e. The number of morpholine rings is 1. The Kier molecular flexibility index (Phi) is 4.81. The zero-order chi connectivity index (χ0) is 13.9. The van der Waals surface area contributed by atoms with Gasteiger partial charge in [0.2, 0.25) is 5.91 Å². The van der Waals surface area contributed by atoms with Gasteiger partial charge in [0.25, 0.3) is 0 Å². The van der Waals surface area contributed by atoms with Crippen molar-refractivity contribution in [3.63, 3.8) is 0 Å². The van der Waals surface area contributed by atoms with Gasteiger partial charge in [-0.2, -0.15) is 0 Å². The number of hydrogen-bond donors (Lipinski definition) is 1. The first-order valence-electron chi connectivity index (χ1n) is 7.31. The molecule has 0 saturated carbocycles. The van der Waals surface area contributed by atoms with E-state index in [4.69, 9.17) is 4.74 Å². The number of hydrogen-bond acceptors (Lipinski definition) is 4. The number of nitrogens with zero attached hydrogens (tertiary/aromatic N) is 2. The summed E-state index contributed by atoms with van der Waals surface area (Å²) >= 11 is 0. The summed E-state index contributed by atoms with van der Waals surface area (Å²) in [6.07, 6.45) is 0.678. The van der Waals surface area contributed by atoms with Gasteiger partial charge in [-0.3, -0.25) is 9.69 Å². The Balaban J connectivity index is 1.89. The Morgan fingerprint density at radius 2 is 2.00 bits per heavy atom. The van der Waals surface area contributed by atoms with E-state index in [9.17, 15) is 4.79 Å². The third-order valence-electron chi connectivity index (χ3n) is 4.61. The molecular weight excluding hydrogens is 242 g/mol. The van der Waals surface area contributed by atoms with E-state index in [1.54, 1.807) is 0 Å². The van der Waals surface area contributed by atoms with E-state index in [0.717, 1.165) is 45.9 Å². The lowest BCUT2D eigenvalue weighted by Crippen LogP contribution is -2.50. The smallest absolute Gasteiger partial charge is 0.223 e. The fourth-order valence-corrected chi connectivity index (χ4v) is 3.16. The molecule has 0 spiro atoms. The number of carbonyl (C=O) groups is 1. The standard InChI is InChI=1S/C14H27N3O2/c1-14(2)12(11-15-3)10-13(18)17(14)5-4-16-6-8-19-9-7-16/h12,15H,4-11H2,1-3H3. The Labute approximate surface area is 116 Å². The molecule has 0 aromatic carbocycles. The van der Waals surface area contributed by atoms with E-state index >= 15 is 0 Å².